The van der Waals surface area contributed by atoms with Gasteiger partial charge in [-0.05, 0) is 51.0 Å². The highest BCUT2D eigenvalue weighted by Gasteiger charge is 2.31. The molecule has 0 saturated heterocycles. The molecule has 1 saturated carbocycles. The highest BCUT2D eigenvalue weighted by molar-refractivity contribution is 7.11. The first-order valence-electron chi connectivity index (χ1n) is 7.52. The largest absolute Gasteiger partial charge is 0.315 e. The summed E-state index contributed by atoms with van der Waals surface area (Å²) >= 11 is 1.93. The lowest BCUT2D eigenvalue weighted by atomic mass is 9.70. The van der Waals surface area contributed by atoms with E-state index in [1.807, 2.05) is 18.4 Å². The fourth-order valence-electron chi connectivity index (χ4n) is 3.16. The molecule has 2 nitrogen and oxygen atoms in total. The number of rotatable bonds is 3. The van der Waals surface area contributed by atoms with Gasteiger partial charge in [-0.1, -0.05) is 20.8 Å². The third-order valence-electron chi connectivity index (χ3n) is 4.55. The minimum Gasteiger partial charge on any atom is -0.315 e. The van der Waals surface area contributed by atoms with Crippen LogP contribution < -0.4 is 5.32 Å². The van der Waals surface area contributed by atoms with Gasteiger partial charge in [0.25, 0.3) is 0 Å². The maximum Gasteiger partial charge on any atom is 0.0962 e. The molecule has 108 valence electrons. The van der Waals surface area contributed by atoms with Crippen molar-refractivity contribution in [3.05, 3.63) is 15.6 Å². The fraction of sp³-hybridized carbons (Fsp3) is 0.812. The van der Waals surface area contributed by atoms with Crippen LogP contribution in [-0.2, 0) is 6.54 Å². The average Bonchev–Trinajstić information content (AvgIpc) is 2.71. The van der Waals surface area contributed by atoms with Crippen molar-refractivity contribution >= 4 is 11.3 Å². The monoisotopic (exact) mass is 280 g/mol. The van der Waals surface area contributed by atoms with Crippen molar-refractivity contribution in [2.24, 2.45) is 11.3 Å². The second-order valence-corrected chi connectivity index (χ2v) is 8.12. The van der Waals surface area contributed by atoms with Gasteiger partial charge in [0.2, 0.25) is 0 Å². The molecule has 0 amide bonds. The van der Waals surface area contributed by atoms with Crippen LogP contribution in [-0.4, -0.2) is 12.0 Å². The van der Waals surface area contributed by atoms with Crippen LogP contribution in [0.2, 0.25) is 0 Å². The van der Waals surface area contributed by atoms with Gasteiger partial charge in [0, 0.05) is 17.3 Å². The zero-order chi connectivity index (χ0) is 14.0. The van der Waals surface area contributed by atoms with Gasteiger partial charge in [0.1, 0.15) is 0 Å². The lowest BCUT2D eigenvalue weighted by Crippen LogP contribution is -2.25. The zero-order valence-electron chi connectivity index (χ0n) is 13.0. The van der Waals surface area contributed by atoms with E-state index in [1.165, 1.54) is 41.3 Å². The lowest BCUT2D eigenvalue weighted by Gasteiger charge is -2.36. The predicted molar refractivity (Wildman–Crippen MR) is 83.8 cm³/mol. The molecule has 1 aliphatic rings. The molecule has 2 rings (SSSR count). The van der Waals surface area contributed by atoms with E-state index >= 15 is 0 Å². The first-order valence-corrected chi connectivity index (χ1v) is 8.34. The van der Waals surface area contributed by atoms with E-state index in [9.17, 15) is 0 Å². The molecule has 0 radical (unpaired) electrons. The van der Waals surface area contributed by atoms with Crippen molar-refractivity contribution in [1.82, 2.24) is 10.3 Å². The second kappa shape index (κ2) is 5.92. The summed E-state index contributed by atoms with van der Waals surface area (Å²) in [6, 6.07) is 0. The first kappa shape index (κ1) is 15.0. The minimum atomic E-state index is 0.473. The number of nitrogens with one attached hydrogen (secondary N) is 1. The van der Waals surface area contributed by atoms with E-state index in [2.05, 4.69) is 33.0 Å². The Kier molecular flexibility index (Phi) is 4.67. The maximum absolute atomic E-state index is 4.82. The van der Waals surface area contributed by atoms with Crippen molar-refractivity contribution in [1.29, 1.82) is 0 Å². The summed E-state index contributed by atoms with van der Waals surface area (Å²) in [6.07, 6.45) is 5.39. The normalized spacial score (nSPS) is 24.7. The summed E-state index contributed by atoms with van der Waals surface area (Å²) in [5.41, 5.74) is 1.70. The van der Waals surface area contributed by atoms with Crippen LogP contribution in [0.3, 0.4) is 0 Å². The van der Waals surface area contributed by atoms with Crippen molar-refractivity contribution < 1.29 is 0 Å². The van der Waals surface area contributed by atoms with Gasteiger partial charge in [-0.15, -0.1) is 11.3 Å². The molecule has 1 N–H and O–H groups in total. The average molecular weight is 280 g/mol. The summed E-state index contributed by atoms with van der Waals surface area (Å²) in [5.74, 6) is 1.61. The van der Waals surface area contributed by atoms with Gasteiger partial charge in [0.15, 0.2) is 0 Å². The molecule has 0 atom stereocenters. The Morgan fingerprint density at radius 1 is 1.21 bits per heavy atom. The molecule has 0 bridgehead atoms. The highest BCUT2D eigenvalue weighted by atomic mass is 32.1. The van der Waals surface area contributed by atoms with Gasteiger partial charge < -0.3 is 5.32 Å². The van der Waals surface area contributed by atoms with Gasteiger partial charge in [-0.25, -0.2) is 4.98 Å². The van der Waals surface area contributed by atoms with Crippen LogP contribution in [0.5, 0.6) is 0 Å². The number of hydrogen-bond acceptors (Lipinski definition) is 3. The van der Waals surface area contributed by atoms with Crippen molar-refractivity contribution in [3.8, 4) is 0 Å². The fourth-order valence-corrected chi connectivity index (χ4v) is 4.40. The van der Waals surface area contributed by atoms with Gasteiger partial charge >= 0.3 is 0 Å². The number of nitrogens with zero attached hydrogens (tertiary/aromatic N) is 1. The van der Waals surface area contributed by atoms with Crippen molar-refractivity contribution in [3.63, 3.8) is 0 Å². The molecule has 1 aromatic rings. The van der Waals surface area contributed by atoms with E-state index in [0.717, 1.165) is 12.5 Å². The summed E-state index contributed by atoms with van der Waals surface area (Å²) in [5, 5.41) is 4.62. The molecule has 0 spiro atoms. The van der Waals surface area contributed by atoms with E-state index < -0.39 is 0 Å². The molecule has 1 aliphatic carbocycles. The Hall–Kier alpha value is -0.410. The van der Waals surface area contributed by atoms with Gasteiger partial charge in [-0.2, -0.15) is 0 Å². The Morgan fingerprint density at radius 3 is 2.37 bits per heavy atom. The van der Waals surface area contributed by atoms with Gasteiger partial charge in [0.05, 0.1) is 10.7 Å². The van der Waals surface area contributed by atoms with E-state index in [-0.39, 0.29) is 0 Å². The molecule has 19 heavy (non-hydrogen) atoms. The van der Waals surface area contributed by atoms with Crippen LogP contribution in [0, 0.1) is 18.3 Å². The molecular weight excluding hydrogens is 252 g/mol. The smallest absolute Gasteiger partial charge is 0.0962 e. The molecule has 1 fully saturated rings. The van der Waals surface area contributed by atoms with Crippen molar-refractivity contribution in [2.45, 2.75) is 65.8 Å². The Labute approximate surface area is 122 Å². The molecule has 1 heterocycles. The maximum atomic E-state index is 4.82. The number of aryl methyl sites for hydroxylation is 1. The number of thiazole rings is 1. The number of aromatic nitrogens is 1. The van der Waals surface area contributed by atoms with Gasteiger partial charge in [-0.3, -0.25) is 0 Å². The Balaban J connectivity index is 2.00. The third-order valence-corrected chi connectivity index (χ3v) is 5.87. The molecule has 0 unspecified atom stereocenters. The van der Waals surface area contributed by atoms with Crippen LogP contribution >= 0.6 is 11.3 Å². The Bertz CT molecular complexity index is 409. The van der Waals surface area contributed by atoms with Crippen LogP contribution in [0.4, 0.5) is 0 Å². The second-order valence-electron chi connectivity index (χ2n) is 7.01. The number of hydrogen-bond donors (Lipinski definition) is 1. The molecule has 0 aliphatic heterocycles. The topological polar surface area (TPSA) is 24.9 Å². The SMILES string of the molecule is CNCc1sc(C2CCC(C(C)(C)C)CC2)nc1C. The third kappa shape index (κ3) is 3.57. The molecule has 1 aromatic heterocycles. The van der Waals surface area contributed by atoms with Crippen LogP contribution in [0.25, 0.3) is 0 Å². The summed E-state index contributed by atoms with van der Waals surface area (Å²) in [4.78, 5) is 6.23. The van der Waals surface area contributed by atoms with E-state index in [1.54, 1.807) is 0 Å². The van der Waals surface area contributed by atoms with E-state index in [4.69, 9.17) is 4.98 Å². The van der Waals surface area contributed by atoms with E-state index in [0.29, 0.717) is 11.3 Å². The zero-order valence-corrected chi connectivity index (χ0v) is 13.9. The minimum absolute atomic E-state index is 0.473. The standard InChI is InChI=1S/C16H28N2S/c1-11-14(10-17-5)19-15(18-11)12-6-8-13(9-7-12)16(2,3)4/h12-13,17H,6-10H2,1-5H3. The molecule has 0 aromatic carbocycles. The van der Waals surface area contributed by atoms with Crippen LogP contribution in [0.1, 0.15) is 68.0 Å². The predicted octanol–water partition coefficient (Wildman–Crippen LogP) is 4.49. The van der Waals surface area contributed by atoms with Crippen LogP contribution in [0.15, 0.2) is 0 Å². The summed E-state index contributed by atoms with van der Waals surface area (Å²) in [6.45, 7) is 10.3. The summed E-state index contributed by atoms with van der Waals surface area (Å²) in [7, 11) is 2.01. The molecular formula is C16H28N2S. The lowest BCUT2D eigenvalue weighted by molar-refractivity contribution is 0.169. The first-order chi connectivity index (χ1) is 8.91. The quantitative estimate of drug-likeness (QED) is 0.882. The highest BCUT2D eigenvalue weighted by Crippen LogP contribution is 2.44. The van der Waals surface area contributed by atoms with Crippen molar-refractivity contribution in [2.75, 3.05) is 7.05 Å². The molecule has 3 heteroatoms. The summed E-state index contributed by atoms with van der Waals surface area (Å²) < 4.78 is 0. The Morgan fingerprint density at radius 2 is 1.84 bits per heavy atom.